The Bertz CT molecular complexity index is 502. The van der Waals surface area contributed by atoms with Crippen molar-refractivity contribution in [3.05, 3.63) is 40.9 Å². The Labute approximate surface area is 99.0 Å². The van der Waals surface area contributed by atoms with E-state index in [0.717, 1.165) is 21.1 Å². The highest BCUT2D eigenvalue weighted by Gasteiger charge is 2.14. The summed E-state index contributed by atoms with van der Waals surface area (Å²) in [7, 11) is 0. The Balaban J connectivity index is 2.42. The lowest BCUT2D eigenvalue weighted by atomic mass is 10.2. The van der Waals surface area contributed by atoms with Crippen molar-refractivity contribution >= 4 is 17.1 Å². The number of aromatic nitrogens is 1. The number of ketones is 1. The molecule has 0 aliphatic rings. The first-order valence-corrected chi connectivity index (χ1v) is 6.10. The van der Waals surface area contributed by atoms with Crippen molar-refractivity contribution in [2.45, 2.75) is 20.3 Å². The molecule has 0 unspecified atom stereocenters. The average Bonchev–Trinajstić information content (AvgIpc) is 2.71. The molecule has 0 spiro atoms. The van der Waals surface area contributed by atoms with E-state index in [0.29, 0.717) is 6.42 Å². The lowest BCUT2D eigenvalue weighted by Crippen LogP contribution is -1.94. The number of thiazole rings is 1. The Morgan fingerprint density at radius 2 is 2.00 bits per heavy atom. The lowest BCUT2D eigenvalue weighted by molar-refractivity contribution is 0.0991. The fourth-order valence-corrected chi connectivity index (χ4v) is 2.60. The van der Waals surface area contributed by atoms with Crippen LogP contribution in [0.15, 0.2) is 30.3 Å². The highest BCUT2D eigenvalue weighted by molar-refractivity contribution is 7.17. The first-order chi connectivity index (χ1) is 7.72. The predicted molar refractivity (Wildman–Crippen MR) is 66.9 cm³/mol. The quantitative estimate of drug-likeness (QED) is 0.754. The molecule has 82 valence electrons. The first kappa shape index (κ1) is 11.0. The van der Waals surface area contributed by atoms with Crippen LogP contribution in [0.4, 0.5) is 0 Å². The highest BCUT2D eigenvalue weighted by atomic mass is 32.1. The third-order valence-electron chi connectivity index (χ3n) is 2.39. The summed E-state index contributed by atoms with van der Waals surface area (Å²) in [6.45, 7) is 3.77. The molecule has 0 aliphatic heterocycles. The topological polar surface area (TPSA) is 30.0 Å². The Morgan fingerprint density at radius 1 is 1.31 bits per heavy atom. The first-order valence-electron chi connectivity index (χ1n) is 5.28. The second-order valence-corrected chi connectivity index (χ2v) is 4.58. The number of benzene rings is 1. The van der Waals surface area contributed by atoms with Crippen LogP contribution in [0, 0.1) is 6.92 Å². The molecule has 0 saturated heterocycles. The molecule has 1 aromatic heterocycles. The molecule has 1 heterocycles. The van der Waals surface area contributed by atoms with E-state index in [9.17, 15) is 4.79 Å². The van der Waals surface area contributed by atoms with E-state index >= 15 is 0 Å². The number of hydrogen-bond acceptors (Lipinski definition) is 3. The monoisotopic (exact) mass is 231 g/mol. The molecule has 0 N–H and O–H groups in total. The minimum absolute atomic E-state index is 0.178. The van der Waals surface area contributed by atoms with E-state index in [1.807, 2.05) is 44.2 Å². The molecule has 2 aromatic rings. The summed E-state index contributed by atoms with van der Waals surface area (Å²) in [6, 6.07) is 9.96. The third-order valence-corrected chi connectivity index (χ3v) is 3.64. The molecule has 0 radical (unpaired) electrons. The van der Waals surface area contributed by atoms with Gasteiger partial charge in [-0.2, -0.15) is 0 Å². The van der Waals surface area contributed by atoms with Gasteiger partial charge < -0.3 is 0 Å². The highest BCUT2D eigenvalue weighted by Crippen LogP contribution is 2.28. The Morgan fingerprint density at radius 3 is 2.62 bits per heavy atom. The van der Waals surface area contributed by atoms with E-state index in [1.165, 1.54) is 11.3 Å². The summed E-state index contributed by atoms with van der Waals surface area (Å²) in [5.41, 5.74) is 1.92. The van der Waals surface area contributed by atoms with Gasteiger partial charge >= 0.3 is 0 Å². The van der Waals surface area contributed by atoms with Crippen molar-refractivity contribution in [3.63, 3.8) is 0 Å². The van der Waals surface area contributed by atoms with Crippen molar-refractivity contribution < 1.29 is 4.79 Å². The van der Waals surface area contributed by atoms with Crippen molar-refractivity contribution in [2.75, 3.05) is 0 Å². The fraction of sp³-hybridized carbons (Fsp3) is 0.231. The van der Waals surface area contributed by atoms with Crippen molar-refractivity contribution in [3.8, 4) is 10.6 Å². The number of carbonyl (C=O) groups excluding carboxylic acids is 1. The SMILES string of the molecule is CCC(=O)c1sc(-c2ccccc2)nc1C. The largest absolute Gasteiger partial charge is 0.293 e. The van der Waals surface area contributed by atoms with Crippen LogP contribution in [0.2, 0.25) is 0 Å². The van der Waals surface area contributed by atoms with Gasteiger partial charge in [0.05, 0.1) is 10.6 Å². The molecule has 0 saturated carbocycles. The normalized spacial score (nSPS) is 10.4. The second-order valence-electron chi connectivity index (χ2n) is 3.58. The molecule has 3 heteroatoms. The third kappa shape index (κ3) is 2.04. The number of nitrogens with zero attached hydrogens (tertiary/aromatic N) is 1. The maximum absolute atomic E-state index is 11.6. The van der Waals surface area contributed by atoms with Crippen molar-refractivity contribution in [1.29, 1.82) is 0 Å². The van der Waals surface area contributed by atoms with Crippen LogP contribution in [0.25, 0.3) is 10.6 Å². The molecule has 0 fully saturated rings. The van der Waals surface area contributed by atoms with E-state index in [4.69, 9.17) is 0 Å². The van der Waals surface area contributed by atoms with Gasteiger partial charge in [-0.25, -0.2) is 4.98 Å². The summed E-state index contributed by atoms with van der Waals surface area (Å²) in [4.78, 5) is 16.9. The van der Waals surface area contributed by atoms with Crippen LogP contribution in [-0.4, -0.2) is 10.8 Å². The molecular weight excluding hydrogens is 218 g/mol. The molecule has 0 aliphatic carbocycles. The maximum atomic E-state index is 11.6. The van der Waals surface area contributed by atoms with Gasteiger partial charge in [-0.3, -0.25) is 4.79 Å². The second kappa shape index (κ2) is 4.58. The molecule has 0 amide bonds. The smallest absolute Gasteiger partial charge is 0.174 e. The molecule has 0 atom stereocenters. The predicted octanol–water partition coefficient (Wildman–Crippen LogP) is 3.71. The number of Topliss-reactive ketones (excluding diaryl/α,β-unsaturated/α-hetero) is 1. The fourth-order valence-electron chi connectivity index (χ4n) is 1.52. The molecule has 1 aromatic carbocycles. The molecule has 0 bridgehead atoms. The Hall–Kier alpha value is -1.48. The zero-order chi connectivity index (χ0) is 11.5. The minimum atomic E-state index is 0.178. The van der Waals surface area contributed by atoms with E-state index in [2.05, 4.69) is 4.98 Å². The van der Waals surface area contributed by atoms with E-state index < -0.39 is 0 Å². The summed E-state index contributed by atoms with van der Waals surface area (Å²) in [5, 5.41) is 0.926. The summed E-state index contributed by atoms with van der Waals surface area (Å²) >= 11 is 1.48. The van der Waals surface area contributed by atoms with Gasteiger partial charge in [0.15, 0.2) is 5.78 Å². The van der Waals surface area contributed by atoms with E-state index in [-0.39, 0.29) is 5.78 Å². The standard InChI is InChI=1S/C13H13NOS/c1-3-11(15)12-9(2)14-13(16-12)10-7-5-4-6-8-10/h4-8H,3H2,1-2H3. The van der Waals surface area contributed by atoms with Gasteiger partial charge in [0.25, 0.3) is 0 Å². The van der Waals surface area contributed by atoms with Gasteiger partial charge in [0.2, 0.25) is 0 Å². The minimum Gasteiger partial charge on any atom is -0.293 e. The molecular formula is C13H13NOS. The summed E-state index contributed by atoms with van der Waals surface area (Å²) in [5.74, 6) is 0.178. The molecule has 2 rings (SSSR count). The van der Waals surface area contributed by atoms with E-state index in [1.54, 1.807) is 0 Å². The number of rotatable bonds is 3. The maximum Gasteiger partial charge on any atom is 0.174 e. The van der Waals surface area contributed by atoms with Gasteiger partial charge in [-0.15, -0.1) is 11.3 Å². The van der Waals surface area contributed by atoms with Crippen LogP contribution in [0.1, 0.15) is 28.7 Å². The average molecular weight is 231 g/mol. The Kier molecular flexibility index (Phi) is 3.15. The number of carbonyl (C=O) groups is 1. The van der Waals surface area contributed by atoms with Gasteiger partial charge in [0, 0.05) is 12.0 Å². The summed E-state index contributed by atoms with van der Waals surface area (Å²) < 4.78 is 0. The van der Waals surface area contributed by atoms with Crippen LogP contribution >= 0.6 is 11.3 Å². The number of hydrogen-bond donors (Lipinski definition) is 0. The zero-order valence-corrected chi connectivity index (χ0v) is 10.2. The zero-order valence-electron chi connectivity index (χ0n) is 9.36. The summed E-state index contributed by atoms with van der Waals surface area (Å²) in [6.07, 6.45) is 0.539. The number of aryl methyl sites for hydroxylation is 1. The van der Waals surface area contributed by atoms with Crippen LogP contribution in [0.5, 0.6) is 0 Å². The van der Waals surface area contributed by atoms with Gasteiger partial charge in [-0.05, 0) is 6.92 Å². The molecule has 2 nitrogen and oxygen atoms in total. The van der Waals surface area contributed by atoms with Crippen LogP contribution in [0.3, 0.4) is 0 Å². The van der Waals surface area contributed by atoms with Gasteiger partial charge in [-0.1, -0.05) is 37.3 Å². The molecule has 16 heavy (non-hydrogen) atoms. The van der Waals surface area contributed by atoms with Crippen LogP contribution in [-0.2, 0) is 0 Å². The lowest BCUT2D eigenvalue weighted by Gasteiger charge is -1.93. The van der Waals surface area contributed by atoms with Crippen molar-refractivity contribution in [2.24, 2.45) is 0 Å². The van der Waals surface area contributed by atoms with Crippen LogP contribution < -0.4 is 0 Å². The van der Waals surface area contributed by atoms with Gasteiger partial charge in [0.1, 0.15) is 5.01 Å². The van der Waals surface area contributed by atoms with Crippen molar-refractivity contribution in [1.82, 2.24) is 4.98 Å².